The number of hydrogen-bond donors (Lipinski definition) is 1. The standard InChI is InChI=1S/C31H28N2O5S2/c1-20(19-39(2,35)36)25-14-24-10-6-12-32-30(24)28(16-25)22-8-4-9-23(13-22)29-17-26(18-33-31(29)34)21-7-5-11-27(15-21)40(3,37)38/h4-18,20H,19H2,1-3H3,(H,33,34). The molecule has 7 nitrogen and oxygen atoms in total. The van der Waals surface area contributed by atoms with E-state index in [0.717, 1.165) is 33.8 Å². The maximum Gasteiger partial charge on any atom is 0.218 e. The molecule has 204 valence electrons. The SMILES string of the molecule is CC(CS(C)(=O)=O)c1cc(-c2cccc(-c3cc(-c4cccc(S(C)(=O)=O)c4)cnc3O)c2)c2ncccc2c1. The summed E-state index contributed by atoms with van der Waals surface area (Å²) in [5, 5.41) is 11.6. The lowest BCUT2D eigenvalue weighted by atomic mass is 9.92. The molecule has 0 aliphatic rings. The normalized spacial score (nSPS) is 12.9. The quantitative estimate of drug-likeness (QED) is 0.259. The van der Waals surface area contributed by atoms with Crippen LogP contribution in [0, 0.1) is 0 Å². The van der Waals surface area contributed by atoms with Crippen LogP contribution in [0.1, 0.15) is 18.4 Å². The Labute approximate surface area is 234 Å². The first-order chi connectivity index (χ1) is 18.9. The average molecular weight is 573 g/mol. The fourth-order valence-electron chi connectivity index (χ4n) is 4.86. The van der Waals surface area contributed by atoms with Crippen LogP contribution in [-0.2, 0) is 19.7 Å². The van der Waals surface area contributed by atoms with Gasteiger partial charge in [0.2, 0.25) is 5.88 Å². The van der Waals surface area contributed by atoms with Crippen LogP contribution < -0.4 is 0 Å². The second-order valence-corrected chi connectivity index (χ2v) is 14.3. The van der Waals surface area contributed by atoms with Gasteiger partial charge in [-0.3, -0.25) is 4.98 Å². The van der Waals surface area contributed by atoms with E-state index in [4.69, 9.17) is 0 Å². The van der Waals surface area contributed by atoms with Crippen LogP contribution in [0.4, 0.5) is 0 Å². The molecule has 1 N–H and O–H groups in total. The van der Waals surface area contributed by atoms with E-state index < -0.39 is 19.7 Å². The number of pyridine rings is 2. The molecular formula is C31H28N2O5S2. The molecule has 0 saturated heterocycles. The van der Waals surface area contributed by atoms with Crippen molar-refractivity contribution in [1.82, 2.24) is 9.97 Å². The van der Waals surface area contributed by atoms with Crippen molar-refractivity contribution >= 4 is 30.6 Å². The molecule has 0 spiro atoms. The van der Waals surface area contributed by atoms with Gasteiger partial charge in [0.05, 0.1) is 16.2 Å². The van der Waals surface area contributed by atoms with Crippen LogP contribution in [0.2, 0.25) is 0 Å². The van der Waals surface area contributed by atoms with Gasteiger partial charge in [0.1, 0.15) is 9.84 Å². The summed E-state index contributed by atoms with van der Waals surface area (Å²) in [7, 11) is -6.56. The van der Waals surface area contributed by atoms with Crippen molar-refractivity contribution in [3.63, 3.8) is 0 Å². The molecule has 5 rings (SSSR count). The average Bonchev–Trinajstić information content (AvgIpc) is 2.91. The Hall–Kier alpha value is -4.08. The number of benzene rings is 3. The minimum atomic E-state index is -3.39. The van der Waals surface area contributed by atoms with E-state index in [1.165, 1.54) is 12.5 Å². The van der Waals surface area contributed by atoms with E-state index in [9.17, 15) is 21.9 Å². The van der Waals surface area contributed by atoms with E-state index in [-0.39, 0.29) is 22.4 Å². The van der Waals surface area contributed by atoms with Crippen molar-refractivity contribution in [2.75, 3.05) is 18.3 Å². The van der Waals surface area contributed by atoms with Crippen LogP contribution in [0.5, 0.6) is 5.88 Å². The van der Waals surface area contributed by atoms with Crippen molar-refractivity contribution in [3.8, 4) is 39.3 Å². The van der Waals surface area contributed by atoms with Gasteiger partial charge in [-0.25, -0.2) is 21.8 Å². The first kappa shape index (κ1) is 27.5. The van der Waals surface area contributed by atoms with Gasteiger partial charge in [-0.2, -0.15) is 0 Å². The molecule has 3 aromatic carbocycles. The zero-order valence-corrected chi connectivity index (χ0v) is 23.9. The summed E-state index contributed by atoms with van der Waals surface area (Å²) in [5.41, 5.74) is 5.89. The first-order valence-electron chi connectivity index (χ1n) is 12.6. The van der Waals surface area contributed by atoms with Crippen LogP contribution in [0.25, 0.3) is 44.3 Å². The van der Waals surface area contributed by atoms with E-state index in [2.05, 4.69) is 9.97 Å². The van der Waals surface area contributed by atoms with Crippen LogP contribution >= 0.6 is 0 Å². The molecule has 0 amide bonds. The number of fused-ring (bicyclic) bond motifs is 1. The Morgan fingerprint density at radius 3 is 2.17 bits per heavy atom. The minimum absolute atomic E-state index is 0.0329. The summed E-state index contributed by atoms with van der Waals surface area (Å²) in [6, 6.07) is 23.8. The summed E-state index contributed by atoms with van der Waals surface area (Å²) in [6.45, 7) is 1.90. The Morgan fingerprint density at radius 2 is 1.45 bits per heavy atom. The maximum absolute atomic E-state index is 12.1. The van der Waals surface area contributed by atoms with Gasteiger partial charge in [-0.1, -0.05) is 43.3 Å². The van der Waals surface area contributed by atoms with Crippen molar-refractivity contribution in [3.05, 3.63) is 96.8 Å². The minimum Gasteiger partial charge on any atom is -0.493 e. The van der Waals surface area contributed by atoms with E-state index in [0.29, 0.717) is 22.3 Å². The molecular weight excluding hydrogens is 544 g/mol. The highest BCUT2D eigenvalue weighted by Gasteiger charge is 2.17. The lowest BCUT2D eigenvalue weighted by molar-refractivity contribution is 0.456. The van der Waals surface area contributed by atoms with Crippen LogP contribution in [0.3, 0.4) is 0 Å². The van der Waals surface area contributed by atoms with E-state index >= 15 is 0 Å². The lowest BCUT2D eigenvalue weighted by Crippen LogP contribution is -2.10. The molecule has 0 radical (unpaired) electrons. The summed E-state index contributed by atoms with van der Waals surface area (Å²) in [6.07, 6.45) is 5.63. The maximum atomic E-state index is 12.1. The Kier molecular flexibility index (Phi) is 7.20. The van der Waals surface area contributed by atoms with Crippen LogP contribution in [0.15, 0.2) is 96.2 Å². The molecule has 0 saturated carbocycles. The monoisotopic (exact) mass is 572 g/mol. The van der Waals surface area contributed by atoms with Gasteiger partial charge in [-0.15, -0.1) is 0 Å². The number of nitrogens with zero attached hydrogens (tertiary/aromatic N) is 2. The molecule has 2 heterocycles. The molecule has 40 heavy (non-hydrogen) atoms. The highest BCUT2D eigenvalue weighted by molar-refractivity contribution is 7.91. The smallest absolute Gasteiger partial charge is 0.218 e. The fourth-order valence-corrected chi connectivity index (χ4v) is 6.63. The molecule has 0 fully saturated rings. The third kappa shape index (κ3) is 5.90. The van der Waals surface area contributed by atoms with E-state index in [1.54, 1.807) is 36.5 Å². The zero-order valence-electron chi connectivity index (χ0n) is 22.2. The predicted octanol–water partition coefficient (Wildman–Crippen LogP) is 5.89. The summed E-state index contributed by atoms with van der Waals surface area (Å²) < 4.78 is 48.1. The largest absolute Gasteiger partial charge is 0.493 e. The number of aromatic nitrogens is 2. The first-order valence-corrected chi connectivity index (χ1v) is 16.5. The summed E-state index contributed by atoms with van der Waals surface area (Å²) in [5.74, 6) is -0.335. The molecule has 1 atom stereocenters. The van der Waals surface area contributed by atoms with Gasteiger partial charge in [0.15, 0.2) is 9.84 Å². The molecule has 0 aliphatic heterocycles. The fraction of sp³-hybridized carbons (Fsp3) is 0.161. The van der Waals surface area contributed by atoms with Crippen LogP contribution in [-0.4, -0.2) is 50.2 Å². The second kappa shape index (κ2) is 10.5. The Bertz CT molecular complexity index is 1970. The highest BCUT2D eigenvalue weighted by atomic mass is 32.2. The third-order valence-corrected chi connectivity index (χ3v) is 9.01. The van der Waals surface area contributed by atoms with Gasteiger partial charge in [-0.05, 0) is 70.6 Å². The molecule has 9 heteroatoms. The van der Waals surface area contributed by atoms with Crippen molar-refractivity contribution in [1.29, 1.82) is 0 Å². The predicted molar refractivity (Wildman–Crippen MR) is 159 cm³/mol. The van der Waals surface area contributed by atoms with Gasteiger partial charge < -0.3 is 5.11 Å². The molecule has 2 aromatic heterocycles. The Balaban J connectivity index is 1.62. The van der Waals surface area contributed by atoms with Gasteiger partial charge >= 0.3 is 0 Å². The number of aromatic hydroxyl groups is 1. The topological polar surface area (TPSA) is 114 Å². The molecule has 0 bridgehead atoms. The van der Waals surface area contributed by atoms with E-state index in [1.807, 2.05) is 55.5 Å². The van der Waals surface area contributed by atoms with Gasteiger partial charge in [0.25, 0.3) is 0 Å². The van der Waals surface area contributed by atoms with Crippen molar-refractivity contribution in [2.45, 2.75) is 17.7 Å². The third-order valence-electron chi connectivity index (χ3n) is 6.80. The molecule has 0 aliphatic carbocycles. The highest BCUT2D eigenvalue weighted by Crippen LogP contribution is 2.37. The van der Waals surface area contributed by atoms with Crippen molar-refractivity contribution in [2.24, 2.45) is 0 Å². The number of hydrogen-bond acceptors (Lipinski definition) is 7. The molecule has 1 unspecified atom stereocenters. The molecule has 5 aromatic rings. The van der Waals surface area contributed by atoms with Gasteiger partial charge in [0, 0.05) is 47.0 Å². The summed E-state index contributed by atoms with van der Waals surface area (Å²) in [4.78, 5) is 8.99. The zero-order chi connectivity index (χ0) is 28.7. The second-order valence-electron chi connectivity index (χ2n) is 10.1. The lowest BCUT2D eigenvalue weighted by Gasteiger charge is -2.16. The number of sulfone groups is 2. The Morgan fingerprint density at radius 1 is 0.750 bits per heavy atom. The summed E-state index contributed by atoms with van der Waals surface area (Å²) >= 11 is 0. The number of rotatable bonds is 7. The van der Waals surface area contributed by atoms with Crippen molar-refractivity contribution < 1.29 is 21.9 Å².